The van der Waals surface area contributed by atoms with Gasteiger partial charge in [0, 0.05) is 24.6 Å². The molecule has 2 aliphatic rings. The molecule has 2 saturated carbocycles. The van der Waals surface area contributed by atoms with E-state index in [-0.39, 0.29) is 34.9 Å². The Morgan fingerprint density at radius 3 is 2.32 bits per heavy atom. The van der Waals surface area contributed by atoms with Crippen molar-refractivity contribution in [2.45, 2.75) is 71.8 Å². The van der Waals surface area contributed by atoms with Crippen molar-refractivity contribution in [3.05, 3.63) is 35.4 Å². The molecule has 0 radical (unpaired) electrons. The molecule has 31 heavy (non-hydrogen) atoms. The molecule has 0 spiro atoms. The zero-order valence-corrected chi connectivity index (χ0v) is 19.1. The summed E-state index contributed by atoms with van der Waals surface area (Å²) >= 11 is 0. The van der Waals surface area contributed by atoms with E-state index >= 15 is 0 Å². The van der Waals surface area contributed by atoms with Crippen molar-refractivity contribution in [3.63, 3.8) is 0 Å². The standard InChI is InChI=1S/C24H33F2N3O2/c1-21(2)9-17(29-15-30)10-23(5,11-21)13-27-20(31)28-14-24(12-22(24,3)4)18-7-6-16(25)8-19(18)26/h6-8,17H,9-14H2,1-5H3,(H2,27,28,31). The average Bonchev–Trinajstić information content (AvgIpc) is 3.18. The van der Waals surface area contributed by atoms with E-state index in [2.05, 4.69) is 36.4 Å². The van der Waals surface area contributed by atoms with E-state index < -0.39 is 17.0 Å². The van der Waals surface area contributed by atoms with E-state index in [1.807, 2.05) is 13.8 Å². The van der Waals surface area contributed by atoms with E-state index in [4.69, 9.17) is 0 Å². The molecule has 1 aromatic rings. The number of urea groups is 1. The minimum atomic E-state index is -0.610. The van der Waals surface area contributed by atoms with Crippen molar-refractivity contribution >= 4 is 12.1 Å². The van der Waals surface area contributed by atoms with Gasteiger partial charge in [-0.3, -0.25) is 0 Å². The van der Waals surface area contributed by atoms with E-state index in [9.17, 15) is 18.4 Å². The van der Waals surface area contributed by atoms with Crippen molar-refractivity contribution in [2.75, 3.05) is 13.1 Å². The molecule has 5 nitrogen and oxygen atoms in total. The number of rotatable bonds is 6. The van der Waals surface area contributed by atoms with Gasteiger partial charge in [0.05, 0.1) is 6.04 Å². The Labute approximate surface area is 183 Å². The molecular formula is C24H33F2N3O2. The monoisotopic (exact) mass is 433 g/mol. The van der Waals surface area contributed by atoms with Crippen molar-refractivity contribution in [1.82, 2.24) is 10.6 Å². The van der Waals surface area contributed by atoms with Crippen LogP contribution >= 0.6 is 0 Å². The molecule has 0 aromatic heterocycles. The number of aliphatic imine (C=N–C) groups is 1. The number of benzene rings is 1. The second kappa shape index (κ2) is 8.01. The highest BCUT2D eigenvalue weighted by molar-refractivity contribution is 5.74. The molecule has 2 N–H and O–H groups in total. The number of carbonyl (C=O) groups is 1. The van der Waals surface area contributed by atoms with Crippen LogP contribution in [-0.2, 0) is 10.2 Å². The minimum Gasteiger partial charge on any atom is -0.338 e. The summed E-state index contributed by atoms with van der Waals surface area (Å²) in [6.07, 6.45) is 4.82. The lowest BCUT2D eigenvalue weighted by Crippen LogP contribution is -2.48. The first-order valence-corrected chi connectivity index (χ1v) is 10.9. The molecule has 0 heterocycles. The number of halogens is 2. The molecule has 0 aliphatic heterocycles. The molecule has 2 aliphatic carbocycles. The highest BCUT2D eigenvalue weighted by Crippen LogP contribution is 2.64. The van der Waals surface area contributed by atoms with Crippen LogP contribution in [0.2, 0.25) is 0 Å². The second-order valence-electron chi connectivity index (χ2n) is 11.2. The van der Waals surface area contributed by atoms with E-state index in [0.717, 1.165) is 18.9 Å². The van der Waals surface area contributed by atoms with Crippen molar-refractivity contribution < 1.29 is 18.4 Å². The summed E-state index contributed by atoms with van der Waals surface area (Å²) in [6.45, 7) is 11.2. The lowest BCUT2D eigenvalue weighted by molar-refractivity contribution is 0.0850. The molecule has 3 rings (SSSR count). The first kappa shape index (κ1) is 23.4. The summed E-state index contributed by atoms with van der Waals surface area (Å²) in [5.41, 5.74) is -0.488. The molecule has 3 atom stereocenters. The zero-order valence-electron chi connectivity index (χ0n) is 19.1. The fourth-order valence-corrected chi connectivity index (χ4v) is 5.91. The third-order valence-electron chi connectivity index (χ3n) is 7.24. The average molecular weight is 434 g/mol. The Morgan fingerprint density at radius 2 is 1.74 bits per heavy atom. The van der Waals surface area contributed by atoms with E-state index in [0.29, 0.717) is 24.9 Å². The number of isocyanates is 1. The quantitative estimate of drug-likeness (QED) is 0.497. The zero-order chi connectivity index (χ0) is 23.1. The van der Waals surface area contributed by atoms with Crippen LogP contribution in [0.15, 0.2) is 23.2 Å². The van der Waals surface area contributed by atoms with Gasteiger partial charge in [0.2, 0.25) is 6.08 Å². The largest absolute Gasteiger partial charge is 0.338 e. The SMILES string of the molecule is CC1(C)CC(N=C=O)CC(C)(CNC(=O)NCC2(c3ccc(F)cc3F)CC2(C)C)C1. The molecule has 2 amide bonds. The van der Waals surface area contributed by atoms with Crippen molar-refractivity contribution in [1.29, 1.82) is 0 Å². The van der Waals surface area contributed by atoms with Gasteiger partial charge < -0.3 is 10.6 Å². The van der Waals surface area contributed by atoms with Gasteiger partial charge >= 0.3 is 6.03 Å². The smallest absolute Gasteiger partial charge is 0.314 e. The molecule has 7 heteroatoms. The first-order valence-electron chi connectivity index (χ1n) is 10.9. The van der Waals surface area contributed by atoms with Gasteiger partial charge in [-0.1, -0.05) is 40.7 Å². The molecule has 170 valence electrons. The molecule has 0 bridgehead atoms. The maximum absolute atomic E-state index is 14.5. The fraction of sp³-hybridized carbons (Fsp3) is 0.667. The third-order valence-corrected chi connectivity index (χ3v) is 7.24. The van der Waals surface area contributed by atoms with Crippen LogP contribution < -0.4 is 10.6 Å². The topological polar surface area (TPSA) is 70.6 Å². The number of nitrogens with zero attached hydrogens (tertiary/aromatic N) is 1. The Kier molecular flexibility index (Phi) is 6.05. The highest BCUT2D eigenvalue weighted by Gasteiger charge is 2.62. The summed E-state index contributed by atoms with van der Waals surface area (Å²) < 4.78 is 27.8. The summed E-state index contributed by atoms with van der Waals surface area (Å²) in [5, 5.41) is 5.85. The van der Waals surface area contributed by atoms with Crippen LogP contribution in [0.4, 0.5) is 13.6 Å². The van der Waals surface area contributed by atoms with Gasteiger partial charge in [-0.25, -0.2) is 23.4 Å². The number of nitrogens with one attached hydrogen (secondary N) is 2. The fourth-order valence-electron chi connectivity index (χ4n) is 5.91. The normalized spacial score (nSPS) is 30.7. The number of hydrogen-bond acceptors (Lipinski definition) is 3. The maximum atomic E-state index is 14.5. The van der Waals surface area contributed by atoms with Crippen LogP contribution in [0.25, 0.3) is 0 Å². The number of carbonyl (C=O) groups excluding carboxylic acids is 2. The van der Waals surface area contributed by atoms with Crippen LogP contribution in [0.3, 0.4) is 0 Å². The van der Waals surface area contributed by atoms with Crippen LogP contribution in [0.1, 0.15) is 65.9 Å². The first-order chi connectivity index (χ1) is 14.3. The highest BCUT2D eigenvalue weighted by atomic mass is 19.1. The summed E-state index contributed by atoms with van der Waals surface area (Å²) in [6, 6.07) is 3.24. The molecular weight excluding hydrogens is 400 g/mol. The second-order valence-corrected chi connectivity index (χ2v) is 11.2. The molecule has 3 unspecified atom stereocenters. The van der Waals surface area contributed by atoms with Crippen molar-refractivity contribution in [3.8, 4) is 0 Å². The van der Waals surface area contributed by atoms with Gasteiger partial charge in [0.1, 0.15) is 11.6 Å². The molecule has 2 fully saturated rings. The molecule has 0 saturated heterocycles. The van der Waals surface area contributed by atoms with Crippen LogP contribution in [-0.4, -0.2) is 31.2 Å². The summed E-state index contributed by atoms with van der Waals surface area (Å²) in [5.74, 6) is -1.19. The van der Waals surface area contributed by atoms with Gasteiger partial charge in [0.15, 0.2) is 0 Å². The maximum Gasteiger partial charge on any atom is 0.314 e. The lowest BCUT2D eigenvalue weighted by Gasteiger charge is -2.45. The van der Waals surface area contributed by atoms with Crippen molar-refractivity contribution in [2.24, 2.45) is 21.2 Å². The van der Waals surface area contributed by atoms with Gasteiger partial charge in [-0.15, -0.1) is 0 Å². The lowest BCUT2D eigenvalue weighted by atomic mass is 9.63. The Bertz CT molecular complexity index is 910. The van der Waals surface area contributed by atoms with Gasteiger partial charge in [-0.2, -0.15) is 0 Å². The number of amides is 2. The molecule has 1 aromatic carbocycles. The third kappa shape index (κ3) is 4.98. The van der Waals surface area contributed by atoms with Crippen LogP contribution in [0.5, 0.6) is 0 Å². The summed E-state index contributed by atoms with van der Waals surface area (Å²) in [4.78, 5) is 27.3. The van der Waals surface area contributed by atoms with Gasteiger partial charge in [-0.05, 0) is 53.6 Å². The van der Waals surface area contributed by atoms with Crippen LogP contribution in [0, 0.1) is 27.9 Å². The minimum absolute atomic E-state index is 0.0123. The van der Waals surface area contributed by atoms with E-state index in [1.54, 1.807) is 6.08 Å². The van der Waals surface area contributed by atoms with Gasteiger partial charge in [0.25, 0.3) is 0 Å². The predicted molar refractivity (Wildman–Crippen MR) is 115 cm³/mol. The Balaban J connectivity index is 1.62. The summed E-state index contributed by atoms with van der Waals surface area (Å²) in [7, 11) is 0. The van der Waals surface area contributed by atoms with E-state index in [1.165, 1.54) is 12.1 Å². The number of hydrogen-bond donors (Lipinski definition) is 2. The Morgan fingerprint density at radius 1 is 1.10 bits per heavy atom. The predicted octanol–water partition coefficient (Wildman–Crippen LogP) is 4.85. The Hall–Kier alpha value is -2.27.